The van der Waals surface area contributed by atoms with Crippen LogP contribution in [0, 0.1) is 6.92 Å². The molecule has 0 atom stereocenters. The molecule has 1 N–H and O–H groups in total. The van der Waals surface area contributed by atoms with Crippen LogP contribution in [-0.4, -0.2) is 25.0 Å². The van der Waals surface area contributed by atoms with Crippen molar-refractivity contribution in [2.75, 3.05) is 14.1 Å². The standard InChI is InChI=1S/C16H26N2O/c1-12(2)14-10-9-13(3)15(11-14)7-6-8-16(19)17-18(4)5/h9-12H,6-8H2,1-5H3,(H,17,19). The Balaban J connectivity index is 2.53. The Bertz CT molecular complexity index is 425. The molecule has 1 amide bonds. The van der Waals surface area contributed by atoms with Crippen molar-refractivity contribution in [2.24, 2.45) is 0 Å². The molecule has 3 nitrogen and oxygen atoms in total. The van der Waals surface area contributed by atoms with Gasteiger partial charge in [-0.3, -0.25) is 10.2 Å². The molecule has 106 valence electrons. The quantitative estimate of drug-likeness (QED) is 0.799. The van der Waals surface area contributed by atoms with Crippen LogP contribution in [0.4, 0.5) is 0 Å². The average molecular weight is 262 g/mol. The Hall–Kier alpha value is -1.35. The second kappa shape index (κ2) is 7.29. The molecule has 0 bridgehead atoms. The molecule has 3 heteroatoms. The number of hydrogen-bond acceptors (Lipinski definition) is 2. The molecule has 0 aliphatic rings. The van der Waals surface area contributed by atoms with Crippen LogP contribution in [0.1, 0.15) is 49.3 Å². The average Bonchev–Trinajstić information content (AvgIpc) is 2.30. The van der Waals surface area contributed by atoms with Gasteiger partial charge in [0, 0.05) is 20.5 Å². The molecule has 19 heavy (non-hydrogen) atoms. The Morgan fingerprint density at radius 2 is 2.00 bits per heavy atom. The topological polar surface area (TPSA) is 32.3 Å². The van der Waals surface area contributed by atoms with Crippen LogP contribution in [0.5, 0.6) is 0 Å². The number of aryl methyl sites for hydroxylation is 2. The molecule has 0 aliphatic heterocycles. The van der Waals surface area contributed by atoms with Gasteiger partial charge in [0.2, 0.25) is 5.91 Å². The van der Waals surface area contributed by atoms with Gasteiger partial charge in [-0.1, -0.05) is 32.0 Å². The zero-order valence-corrected chi connectivity index (χ0v) is 12.8. The minimum absolute atomic E-state index is 0.0858. The minimum Gasteiger partial charge on any atom is -0.289 e. The van der Waals surface area contributed by atoms with Gasteiger partial charge >= 0.3 is 0 Å². The molecule has 1 aromatic rings. The second-order valence-corrected chi connectivity index (χ2v) is 5.62. The lowest BCUT2D eigenvalue weighted by molar-refractivity contribution is -0.124. The van der Waals surface area contributed by atoms with Gasteiger partial charge < -0.3 is 0 Å². The predicted molar refractivity (Wildman–Crippen MR) is 80.0 cm³/mol. The molecule has 0 spiro atoms. The highest BCUT2D eigenvalue weighted by Crippen LogP contribution is 2.20. The van der Waals surface area contributed by atoms with E-state index in [4.69, 9.17) is 0 Å². The summed E-state index contributed by atoms with van der Waals surface area (Å²) < 4.78 is 0. The molecular weight excluding hydrogens is 236 g/mol. The number of nitrogens with one attached hydrogen (secondary N) is 1. The van der Waals surface area contributed by atoms with E-state index in [-0.39, 0.29) is 5.91 Å². The summed E-state index contributed by atoms with van der Waals surface area (Å²) in [5, 5.41) is 1.69. The molecule has 0 aromatic heterocycles. The SMILES string of the molecule is Cc1ccc(C(C)C)cc1CCCC(=O)NN(C)C. The third-order valence-electron chi connectivity index (χ3n) is 3.24. The van der Waals surface area contributed by atoms with Crippen molar-refractivity contribution in [3.63, 3.8) is 0 Å². The largest absolute Gasteiger partial charge is 0.289 e. The number of hydrogen-bond donors (Lipinski definition) is 1. The normalized spacial score (nSPS) is 11.1. The van der Waals surface area contributed by atoms with Crippen LogP contribution >= 0.6 is 0 Å². The third kappa shape index (κ3) is 5.43. The van der Waals surface area contributed by atoms with Gasteiger partial charge in [-0.2, -0.15) is 0 Å². The molecule has 0 saturated carbocycles. The van der Waals surface area contributed by atoms with E-state index >= 15 is 0 Å². The number of carbonyl (C=O) groups is 1. The van der Waals surface area contributed by atoms with E-state index in [1.54, 1.807) is 5.01 Å². The summed E-state index contributed by atoms with van der Waals surface area (Å²) in [5.74, 6) is 0.638. The van der Waals surface area contributed by atoms with E-state index in [1.807, 2.05) is 14.1 Å². The molecule has 0 unspecified atom stereocenters. The fraction of sp³-hybridized carbons (Fsp3) is 0.562. The van der Waals surface area contributed by atoms with Crippen molar-refractivity contribution in [3.8, 4) is 0 Å². The number of benzene rings is 1. The first-order chi connectivity index (χ1) is 8.90. The summed E-state index contributed by atoms with van der Waals surface area (Å²) in [6.45, 7) is 6.55. The Morgan fingerprint density at radius 3 is 2.58 bits per heavy atom. The van der Waals surface area contributed by atoms with Gasteiger partial charge in [0.1, 0.15) is 0 Å². The lowest BCUT2D eigenvalue weighted by atomic mass is 9.95. The highest BCUT2D eigenvalue weighted by atomic mass is 16.2. The first-order valence-corrected chi connectivity index (χ1v) is 6.96. The van der Waals surface area contributed by atoms with E-state index in [0.717, 1.165) is 12.8 Å². The number of rotatable bonds is 6. The Kier molecular flexibility index (Phi) is 6.03. The summed E-state index contributed by atoms with van der Waals surface area (Å²) >= 11 is 0. The molecule has 0 aliphatic carbocycles. The highest BCUT2D eigenvalue weighted by Gasteiger charge is 2.06. The van der Waals surface area contributed by atoms with Gasteiger partial charge in [0.05, 0.1) is 0 Å². The third-order valence-corrected chi connectivity index (χ3v) is 3.24. The first kappa shape index (κ1) is 15.7. The lowest BCUT2D eigenvalue weighted by Gasteiger charge is -2.13. The fourth-order valence-corrected chi connectivity index (χ4v) is 2.06. The van der Waals surface area contributed by atoms with Gasteiger partial charge in [-0.25, -0.2) is 5.01 Å². The second-order valence-electron chi connectivity index (χ2n) is 5.62. The van der Waals surface area contributed by atoms with Crippen LogP contribution in [0.3, 0.4) is 0 Å². The molecule has 1 rings (SSSR count). The van der Waals surface area contributed by atoms with E-state index in [1.165, 1.54) is 16.7 Å². The van der Waals surface area contributed by atoms with Crippen molar-refractivity contribution in [3.05, 3.63) is 34.9 Å². The number of amides is 1. The maximum atomic E-state index is 11.6. The molecule has 1 aromatic carbocycles. The molecule has 0 heterocycles. The van der Waals surface area contributed by atoms with Crippen molar-refractivity contribution in [1.82, 2.24) is 10.4 Å². The van der Waals surface area contributed by atoms with E-state index in [9.17, 15) is 4.79 Å². The van der Waals surface area contributed by atoms with Crippen molar-refractivity contribution in [2.45, 2.75) is 46.0 Å². The van der Waals surface area contributed by atoms with Crippen LogP contribution in [-0.2, 0) is 11.2 Å². The fourth-order valence-electron chi connectivity index (χ4n) is 2.06. The van der Waals surface area contributed by atoms with Crippen molar-refractivity contribution >= 4 is 5.91 Å². The highest BCUT2D eigenvalue weighted by molar-refractivity contribution is 5.75. The summed E-state index contributed by atoms with van der Waals surface area (Å²) in [6.07, 6.45) is 2.43. The predicted octanol–water partition coefficient (Wildman–Crippen LogP) is 3.03. The number of carbonyl (C=O) groups excluding carboxylic acids is 1. The van der Waals surface area contributed by atoms with Crippen LogP contribution < -0.4 is 5.43 Å². The molecule has 0 fully saturated rings. The van der Waals surface area contributed by atoms with Gasteiger partial charge in [0.25, 0.3) is 0 Å². The van der Waals surface area contributed by atoms with Crippen molar-refractivity contribution < 1.29 is 4.79 Å². The monoisotopic (exact) mass is 262 g/mol. The van der Waals surface area contributed by atoms with E-state index in [2.05, 4.69) is 44.4 Å². The summed E-state index contributed by atoms with van der Waals surface area (Å²) in [6, 6.07) is 6.66. The minimum atomic E-state index is 0.0858. The summed E-state index contributed by atoms with van der Waals surface area (Å²) in [4.78, 5) is 11.6. The van der Waals surface area contributed by atoms with Gasteiger partial charge in [-0.05, 0) is 42.4 Å². The van der Waals surface area contributed by atoms with Crippen LogP contribution in [0.25, 0.3) is 0 Å². The zero-order chi connectivity index (χ0) is 14.4. The van der Waals surface area contributed by atoms with Crippen LogP contribution in [0.2, 0.25) is 0 Å². The maximum Gasteiger partial charge on any atom is 0.234 e. The summed E-state index contributed by atoms with van der Waals surface area (Å²) in [7, 11) is 3.66. The number of nitrogens with zero attached hydrogens (tertiary/aromatic N) is 1. The van der Waals surface area contributed by atoms with Crippen molar-refractivity contribution in [1.29, 1.82) is 0 Å². The molecule has 0 radical (unpaired) electrons. The number of hydrazine groups is 1. The van der Waals surface area contributed by atoms with Gasteiger partial charge in [0.15, 0.2) is 0 Å². The first-order valence-electron chi connectivity index (χ1n) is 6.96. The Labute approximate surface area is 117 Å². The van der Waals surface area contributed by atoms with E-state index in [0.29, 0.717) is 12.3 Å². The Morgan fingerprint density at radius 1 is 1.32 bits per heavy atom. The van der Waals surface area contributed by atoms with Gasteiger partial charge in [-0.15, -0.1) is 0 Å². The smallest absolute Gasteiger partial charge is 0.234 e. The molecule has 0 saturated heterocycles. The van der Waals surface area contributed by atoms with Crippen LogP contribution in [0.15, 0.2) is 18.2 Å². The molecular formula is C16H26N2O. The lowest BCUT2D eigenvalue weighted by Crippen LogP contribution is -2.35. The van der Waals surface area contributed by atoms with E-state index < -0.39 is 0 Å². The zero-order valence-electron chi connectivity index (χ0n) is 12.8. The summed E-state index contributed by atoms with van der Waals surface area (Å²) in [5.41, 5.74) is 6.82. The maximum absolute atomic E-state index is 11.6.